The summed E-state index contributed by atoms with van der Waals surface area (Å²) in [5, 5.41) is 2.84. The smallest absolute Gasteiger partial charge is 0.338 e. The van der Waals surface area contributed by atoms with Gasteiger partial charge in [0.1, 0.15) is 0 Å². The van der Waals surface area contributed by atoms with E-state index >= 15 is 0 Å². The summed E-state index contributed by atoms with van der Waals surface area (Å²) in [5.41, 5.74) is 3.97. The normalized spacial score (nSPS) is 10.4. The molecule has 2 aromatic carbocycles. The maximum Gasteiger partial charge on any atom is 0.338 e. The predicted octanol–water partition coefficient (Wildman–Crippen LogP) is 4.90. The van der Waals surface area contributed by atoms with Crippen molar-refractivity contribution in [2.45, 2.75) is 40.0 Å². The number of nitrogens with one attached hydrogen (secondary N) is 1. The highest BCUT2D eigenvalue weighted by atomic mass is 16.5. The zero-order valence-electron chi connectivity index (χ0n) is 15.1. The third-order valence-electron chi connectivity index (χ3n) is 4.13. The molecular weight excluding hydrogens is 314 g/mol. The summed E-state index contributed by atoms with van der Waals surface area (Å²) in [6.45, 7) is 6.54. The predicted molar refractivity (Wildman–Crippen MR) is 100 cm³/mol. The third kappa shape index (κ3) is 5.45. The standard InChI is InChI=1S/C21H25NO3/c1-4-5-6-13-25-21(24)17-9-11-19(12-10-17)22-20(23)18-8-7-15(2)16(3)14-18/h7-12,14H,4-6,13H2,1-3H3,(H,22,23). The second-order valence-electron chi connectivity index (χ2n) is 6.17. The van der Waals surface area contributed by atoms with E-state index in [-0.39, 0.29) is 11.9 Å². The summed E-state index contributed by atoms with van der Waals surface area (Å²) in [6.07, 6.45) is 3.02. The van der Waals surface area contributed by atoms with E-state index in [1.807, 2.05) is 26.0 Å². The molecule has 0 heterocycles. The van der Waals surface area contributed by atoms with E-state index in [2.05, 4.69) is 12.2 Å². The van der Waals surface area contributed by atoms with Gasteiger partial charge in [-0.25, -0.2) is 4.79 Å². The van der Waals surface area contributed by atoms with Crippen LogP contribution in [0.2, 0.25) is 0 Å². The van der Waals surface area contributed by atoms with Crippen LogP contribution in [-0.2, 0) is 4.74 Å². The molecule has 25 heavy (non-hydrogen) atoms. The van der Waals surface area contributed by atoms with Gasteiger partial charge in [0.05, 0.1) is 12.2 Å². The summed E-state index contributed by atoms with van der Waals surface area (Å²) in [5.74, 6) is -0.499. The molecule has 0 aliphatic heterocycles. The number of carbonyl (C=O) groups excluding carboxylic acids is 2. The molecule has 2 rings (SSSR count). The van der Waals surface area contributed by atoms with E-state index in [0.29, 0.717) is 23.4 Å². The Morgan fingerprint density at radius 3 is 2.24 bits per heavy atom. The first-order chi connectivity index (χ1) is 12.0. The second-order valence-corrected chi connectivity index (χ2v) is 6.17. The summed E-state index contributed by atoms with van der Waals surface area (Å²) < 4.78 is 5.22. The molecule has 4 nitrogen and oxygen atoms in total. The molecule has 0 radical (unpaired) electrons. The van der Waals surface area contributed by atoms with E-state index in [1.54, 1.807) is 30.3 Å². The number of aryl methyl sites for hydroxylation is 2. The van der Waals surface area contributed by atoms with E-state index in [4.69, 9.17) is 4.74 Å². The Kier molecular flexibility index (Phi) is 6.75. The Morgan fingerprint density at radius 2 is 1.60 bits per heavy atom. The number of anilines is 1. The van der Waals surface area contributed by atoms with Crippen LogP contribution in [0.1, 0.15) is 58.0 Å². The summed E-state index contributed by atoms with van der Waals surface area (Å²) in [6, 6.07) is 12.4. The molecule has 4 heteroatoms. The first kappa shape index (κ1) is 18.7. The van der Waals surface area contributed by atoms with Gasteiger partial charge < -0.3 is 10.1 Å². The lowest BCUT2D eigenvalue weighted by Gasteiger charge is -2.08. The van der Waals surface area contributed by atoms with E-state index in [9.17, 15) is 9.59 Å². The topological polar surface area (TPSA) is 55.4 Å². The highest BCUT2D eigenvalue weighted by Crippen LogP contribution is 2.14. The van der Waals surface area contributed by atoms with Crippen molar-refractivity contribution in [3.05, 3.63) is 64.7 Å². The first-order valence-corrected chi connectivity index (χ1v) is 8.67. The number of hydrogen-bond donors (Lipinski definition) is 1. The number of carbonyl (C=O) groups is 2. The van der Waals surface area contributed by atoms with Crippen LogP contribution >= 0.6 is 0 Å². The van der Waals surface area contributed by atoms with Crippen molar-refractivity contribution in [2.24, 2.45) is 0 Å². The van der Waals surface area contributed by atoms with Gasteiger partial charge in [0.15, 0.2) is 0 Å². The van der Waals surface area contributed by atoms with Crippen molar-refractivity contribution in [2.75, 3.05) is 11.9 Å². The average molecular weight is 339 g/mol. The van der Waals surface area contributed by atoms with Gasteiger partial charge in [-0.2, -0.15) is 0 Å². The molecule has 0 saturated carbocycles. The first-order valence-electron chi connectivity index (χ1n) is 8.67. The fourth-order valence-electron chi connectivity index (χ4n) is 2.38. The molecule has 0 bridgehead atoms. The molecule has 2 aromatic rings. The molecule has 0 saturated heterocycles. The maximum absolute atomic E-state index is 12.3. The molecule has 0 atom stereocenters. The lowest BCUT2D eigenvalue weighted by molar-refractivity contribution is 0.0498. The van der Waals surface area contributed by atoms with Gasteiger partial charge in [0.2, 0.25) is 0 Å². The van der Waals surface area contributed by atoms with Gasteiger partial charge in [-0.05, 0) is 67.8 Å². The highest BCUT2D eigenvalue weighted by molar-refractivity contribution is 6.04. The zero-order chi connectivity index (χ0) is 18.2. The van der Waals surface area contributed by atoms with Gasteiger partial charge >= 0.3 is 5.97 Å². The second kappa shape index (κ2) is 9.02. The van der Waals surface area contributed by atoms with Crippen LogP contribution in [0.25, 0.3) is 0 Å². The Labute approximate surface area is 149 Å². The number of esters is 1. The Hall–Kier alpha value is -2.62. The minimum Gasteiger partial charge on any atom is -0.462 e. The van der Waals surface area contributed by atoms with Gasteiger partial charge in [-0.15, -0.1) is 0 Å². The average Bonchev–Trinajstić information content (AvgIpc) is 2.61. The van der Waals surface area contributed by atoms with Crippen molar-refractivity contribution in [1.29, 1.82) is 0 Å². The Bertz CT molecular complexity index is 735. The number of unbranched alkanes of at least 4 members (excludes halogenated alkanes) is 2. The summed E-state index contributed by atoms with van der Waals surface area (Å²) >= 11 is 0. The van der Waals surface area contributed by atoms with Crippen LogP contribution in [0.3, 0.4) is 0 Å². The molecule has 1 amide bonds. The molecular formula is C21H25NO3. The minimum atomic E-state index is -0.330. The van der Waals surface area contributed by atoms with Crippen molar-refractivity contribution in [3.8, 4) is 0 Å². The van der Waals surface area contributed by atoms with Crippen molar-refractivity contribution in [1.82, 2.24) is 0 Å². The van der Waals surface area contributed by atoms with Crippen molar-refractivity contribution >= 4 is 17.6 Å². The fraction of sp³-hybridized carbons (Fsp3) is 0.333. The lowest BCUT2D eigenvalue weighted by atomic mass is 10.1. The fourth-order valence-corrected chi connectivity index (χ4v) is 2.38. The van der Waals surface area contributed by atoms with E-state index in [0.717, 1.165) is 30.4 Å². The number of ether oxygens (including phenoxy) is 1. The molecule has 0 aromatic heterocycles. The van der Waals surface area contributed by atoms with Crippen molar-refractivity contribution in [3.63, 3.8) is 0 Å². The summed E-state index contributed by atoms with van der Waals surface area (Å²) in [4.78, 5) is 24.2. The quantitative estimate of drug-likeness (QED) is 0.576. The molecule has 132 valence electrons. The van der Waals surface area contributed by atoms with Gasteiger partial charge in [-0.1, -0.05) is 25.8 Å². The number of benzene rings is 2. The number of amides is 1. The van der Waals surface area contributed by atoms with E-state index in [1.165, 1.54) is 0 Å². The molecule has 0 aliphatic carbocycles. The molecule has 0 unspecified atom stereocenters. The largest absolute Gasteiger partial charge is 0.462 e. The molecule has 0 spiro atoms. The third-order valence-corrected chi connectivity index (χ3v) is 4.13. The van der Waals surface area contributed by atoms with Gasteiger partial charge in [0, 0.05) is 11.3 Å². The summed E-state index contributed by atoms with van der Waals surface area (Å²) in [7, 11) is 0. The van der Waals surface area contributed by atoms with Crippen LogP contribution in [0.5, 0.6) is 0 Å². The monoisotopic (exact) mass is 339 g/mol. The van der Waals surface area contributed by atoms with E-state index < -0.39 is 0 Å². The van der Waals surface area contributed by atoms with Crippen LogP contribution in [0, 0.1) is 13.8 Å². The molecule has 0 fully saturated rings. The zero-order valence-corrected chi connectivity index (χ0v) is 15.1. The Balaban J connectivity index is 1.94. The maximum atomic E-state index is 12.3. The van der Waals surface area contributed by atoms with Gasteiger partial charge in [-0.3, -0.25) is 4.79 Å². The highest BCUT2D eigenvalue weighted by Gasteiger charge is 2.09. The SMILES string of the molecule is CCCCCOC(=O)c1ccc(NC(=O)c2ccc(C)c(C)c2)cc1. The van der Waals surface area contributed by atoms with Crippen molar-refractivity contribution < 1.29 is 14.3 Å². The van der Waals surface area contributed by atoms with Crippen LogP contribution in [0.4, 0.5) is 5.69 Å². The number of rotatable bonds is 7. The molecule has 1 N–H and O–H groups in total. The number of hydrogen-bond acceptors (Lipinski definition) is 3. The lowest BCUT2D eigenvalue weighted by Crippen LogP contribution is -2.12. The molecule has 0 aliphatic rings. The van der Waals surface area contributed by atoms with Crippen LogP contribution in [0.15, 0.2) is 42.5 Å². The van der Waals surface area contributed by atoms with Gasteiger partial charge in [0.25, 0.3) is 5.91 Å². The van der Waals surface area contributed by atoms with Crippen LogP contribution < -0.4 is 5.32 Å². The minimum absolute atomic E-state index is 0.169. The Morgan fingerprint density at radius 1 is 0.920 bits per heavy atom. The van der Waals surface area contributed by atoms with Crippen LogP contribution in [-0.4, -0.2) is 18.5 Å².